The maximum absolute atomic E-state index is 13.3. The average molecular weight is 366 g/mol. The molecular formula is C21H19FN2O3. The van der Waals surface area contributed by atoms with E-state index in [1.807, 2.05) is 6.07 Å². The third-order valence-electron chi connectivity index (χ3n) is 4.85. The van der Waals surface area contributed by atoms with Gasteiger partial charge in [-0.2, -0.15) is 0 Å². The van der Waals surface area contributed by atoms with Crippen molar-refractivity contribution in [1.29, 1.82) is 0 Å². The van der Waals surface area contributed by atoms with E-state index in [9.17, 15) is 14.0 Å². The van der Waals surface area contributed by atoms with Gasteiger partial charge in [-0.1, -0.05) is 30.3 Å². The third-order valence-corrected chi connectivity index (χ3v) is 4.85. The van der Waals surface area contributed by atoms with Crippen molar-refractivity contribution in [2.75, 3.05) is 6.61 Å². The maximum atomic E-state index is 13.3. The summed E-state index contributed by atoms with van der Waals surface area (Å²) >= 11 is 0. The molecule has 0 saturated carbocycles. The predicted octanol–water partition coefficient (Wildman–Crippen LogP) is 3.32. The van der Waals surface area contributed by atoms with Crippen LogP contribution in [0.3, 0.4) is 0 Å². The van der Waals surface area contributed by atoms with E-state index in [1.165, 1.54) is 18.2 Å². The lowest BCUT2D eigenvalue weighted by atomic mass is 9.98. The molecule has 1 aromatic heterocycles. The van der Waals surface area contributed by atoms with Gasteiger partial charge in [-0.3, -0.25) is 9.59 Å². The number of H-pyrrole nitrogens is 1. The summed E-state index contributed by atoms with van der Waals surface area (Å²) in [5, 5.41) is 3.66. The topological polar surface area (TPSA) is 71.2 Å². The molecule has 3 aromatic rings. The van der Waals surface area contributed by atoms with Gasteiger partial charge in [0.25, 0.3) is 5.91 Å². The first kappa shape index (κ1) is 17.4. The summed E-state index contributed by atoms with van der Waals surface area (Å²) < 4.78 is 19.1. The van der Waals surface area contributed by atoms with E-state index in [2.05, 4.69) is 10.3 Å². The molecule has 4 rings (SSSR count). The van der Waals surface area contributed by atoms with Crippen molar-refractivity contribution in [2.24, 2.45) is 0 Å². The highest BCUT2D eigenvalue weighted by Gasteiger charge is 2.29. The number of hydrogen-bond donors (Lipinski definition) is 2. The Morgan fingerprint density at radius 1 is 1.19 bits per heavy atom. The van der Waals surface area contributed by atoms with Crippen LogP contribution in [0.2, 0.25) is 0 Å². The number of para-hydroxylation sites is 1. The summed E-state index contributed by atoms with van der Waals surface area (Å²) in [5.41, 5.74) is 1.34. The minimum Gasteiger partial charge on any atom is -0.376 e. The number of benzene rings is 2. The van der Waals surface area contributed by atoms with Crippen LogP contribution in [0.4, 0.5) is 4.39 Å². The number of pyridine rings is 1. The van der Waals surface area contributed by atoms with E-state index >= 15 is 0 Å². The molecule has 27 heavy (non-hydrogen) atoms. The first-order chi connectivity index (χ1) is 13.1. The molecule has 2 N–H and O–H groups in total. The van der Waals surface area contributed by atoms with Gasteiger partial charge in [0.05, 0.1) is 17.7 Å². The van der Waals surface area contributed by atoms with Gasteiger partial charge in [0.15, 0.2) is 0 Å². The fraction of sp³-hybridized carbons (Fsp3) is 0.238. The fourth-order valence-corrected chi connectivity index (χ4v) is 3.54. The Kier molecular flexibility index (Phi) is 4.73. The number of ether oxygens (including phenoxy) is 1. The molecule has 0 spiro atoms. The largest absolute Gasteiger partial charge is 0.376 e. The summed E-state index contributed by atoms with van der Waals surface area (Å²) in [6.45, 7) is 0.631. The monoisotopic (exact) mass is 366 g/mol. The predicted molar refractivity (Wildman–Crippen MR) is 100 cm³/mol. The Hall–Kier alpha value is -2.99. The van der Waals surface area contributed by atoms with Gasteiger partial charge >= 0.3 is 0 Å². The molecule has 2 aromatic carbocycles. The molecule has 1 amide bonds. The number of amides is 1. The Morgan fingerprint density at radius 2 is 1.96 bits per heavy atom. The van der Waals surface area contributed by atoms with Gasteiger partial charge < -0.3 is 15.0 Å². The van der Waals surface area contributed by atoms with E-state index in [0.29, 0.717) is 23.1 Å². The number of rotatable bonds is 4. The number of hydrogen-bond acceptors (Lipinski definition) is 3. The van der Waals surface area contributed by atoms with Gasteiger partial charge in [-0.25, -0.2) is 4.39 Å². The highest BCUT2D eigenvalue weighted by molar-refractivity contribution is 6.06. The molecule has 0 unspecified atom stereocenters. The summed E-state index contributed by atoms with van der Waals surface area (Å²) in [4.78, 5) is 27.7. The lowest BCUT2D eigenvalue weighted by Crippen LogP contribution is -2.36. The number of halogens is 1. The van der Waals surface area contributed by atoms with Crippen molar-refractivity contribution in [3.05, 3.63) is 81.9 Å². The van der Waals surface area contributed by atoms with Crippen LogP contribution in [0.25, 0.3) is 10.9 Å². The molecule has 6 heteroatoms. The van der Waals surface area contributed by atoms with Crippen molar-refractivity contribution in [2.45, 2.75) is 25.0 Å². The van der Waals surface area contributed by atoms with Crippen molar-refractivity contribution in [1.82, 2.24) is 10.3 Å². The fourth-order valence-electron chi connectivity index (χ4n) is 3.54. The summed E-state index contributed by atoms with van der Waals surface area (Å²) in [6, 6.07) is 14.1. The molecule has 138 valence electrons. The zero-order valence-electron chi connectivity index (χ0n) is 14.6. The van der Waals surface area contributed by atoms with Crippen LogP contribution in [-0.2, 0) is 4.74 Å². The first-order valence-electron chi connectivity index (χ1n) is 8.92. The standard InChI is InChI=1S/C21H19FN2O3/c22-14-9-7-13(8-10-14)20(18-6-3-11-27-18)24-21(26)16-12-19(25)23-17-5-2-1-4-15(16)17/h1-2,4-5,7-10,12,18,20H,3,6,11H2,(H,23,25)(H,24,26)/t18-,20-/m1/s1. The van der Waals surface area contributed by atoms with E-state index in [-0.39, 0.29) is 23.4 Å². The minimum atomic E-state index is -0.418. The number of fused-ring (bicyclic) bond motifs is 1. The molecule has 1 aliphatic rings. The smallest absolute Gasteiger partial charge is 0.252 e. The molecule has 0 aliphatic carbocycles. The maximum Gasteiger partial charge on any atom is 0.252 e. The van der Waals surface area contributed by atoms with Crippen LogP contribution in [0.5, 0.6) is 0 Å². The quantitative estimate of drug-likeness (QED) is 0.744. The lowest BCUT2D eigenvalue weighted by Gasteiger charge is -2.25. The highest BCUT2D eigenvalue weighted by atomic mass is 19.1. The van der Waals surface area contributed by atoms with Gasteiger partial charge in [0, 0.05) is 23.6 Å². The first-order valence-corrected chi connectivity index (χ1v) is 8.92. The van der Waals surface area contributed by atoms with Crippen LogP contribution in [0.15, 0.2) is 59.4 Å². The average Bonchev–Trinajstić information content (AvgIpc) is 3.20. The van der Waals surface area contributed by atoms with E-state index in [1.54, 1.807) is 30.3 Å². The van der Waals surface area contributed by atoms with E-state index in [4.69, 9.17) is 4.74 Å². The summed E-state index contributed by atoms with van der Waals surface area (Å²) in [6.07, 6.45) is 1.53. The molecular weight excluding hydrogens is 347 g/mol. The molecule has 2 atom stereocenters. The van der Waals surface area contributed by atoms with Crippen LogP contribution in [-0.4, -0.2) is 23.6 Å². The zero-order valence-corrected chi connectivity index (χ0v) is 14.6. The lowest BCUT2D eigenvalue weighted by molar-refractivity contribution is 0.0673. The number of nitrogens with one attached hydrogen (secondary N) is 2. The third kappa shape index (κ3) is 3.61. The Balaban J connectivity index is 1.70. The Labute approximate surface area is 155 Å². The second kappa shape index (κ2) is 7.32. The second-order valence-electron chi connectivity index (χ2n) is 6.65. The van der Waals surface area contributed by atoms with Crippen LogP contribution < -0.4 is 10.9 Å². The van der Waals surface area contributed by atoms with E-state index < -0.39 is 6.04 Å². The van der Waals surface area contributed by atoms with Crippen molar-refractivity contribution in [3.63, 3.8) is 0 Å². The summed E-state index contributed by atoms with van der Waals surface area (Å²) in [7, 11) is 0. The van der Waals surface area contributed by atoms with Gasteiger partial charge in [0.1, 0.15) is 5.82 Å². The molecule has 0 bridgehead atoms. The molecule has 2 heterocycles. The van der Waals surface area contributed by atoms with Crippen molar-refractivity contribution in [3.8, 4) is 0 Å². The van der Waals surface area contributed by atoms with Crippen LogP contribution in [0.1, 0.15) is 34.8 Å². The molecule has 1 fully saturated rings. The molecule has 1 aliphatic heterocycles. The molecule has 1 saturated heterocycles. The van der Waals surface area contributed by atoms with Crippen LogP contribution >= 0.6 is 0 Å². The Bertz CT molecular complexity index is 1020. The molecule has 5 nitrogen and oxygen atoms in total. The van der Waals surface area contributed by atoms with Crippen LogP contribution in [0, 0.1) is 5.82 Å². The summed E-state index contributed by atoms with van der Waals surface area (Å²) in [5.74, 6) is -0.695. The Morgan fingerprint density at radius 3 is 2.70 bits per heavy atom. The normalized spacial score (nSPS) is 17.7. The number of aromatic amines is 1. The van der Waals surface area contributed by atoms with Gasteiger partial charge in [0.2, 0.25) is 5.56 Å². The molecule has 0 radical (unpaired) electrons. The SMILES string of the molecule is O=C(N[C@H](c1ccc(F)cc1)[C@H]1CCCO1)c1cc(=O)[nH]c2ccccc12. The van der Waals surface area contributed by atoms with Crippen molar-refractivity contribution < 1.29 is 13.9 Å². The number of carbonyl (C=O) groups excluding carboxylic acids is 1. The minimum absolute atomic E-state index is 0.187. The number of carbonyl (C=O) groups is 1. The number of aromatic nitrogens is 1. The van der Waals surface area contributed by atoms with Gasteiger partial charge in [-0.15, -0.1) is 0 Å². The van der Waals surface area contributed by atoms with Crippen molar-refractivity contribution >= 4 is 16.8 Å². The zero-order chi connectivity index (χ0) is 18.8. The highest BCUT2D eigenvalue weighted by Crippen LogP contribution is 2.28. The second-order valence-corrected chi connectivity index (χ2v) is 6.65. The van der Waals surface area contributed by atoms with E-state index in [0.717, 1.165) is 18.4 Å². The van der Waals surface area contributed by atoms with Gasteiger partial charge in [-0.05, 0) is 36.6 Å².